The smallest absolute Gasteiger partial charge is 0.492 e. The third kappa shape index (κ3) is 4.66. The molecule has 5 nitrogen and oxygen atoms in total. The molecule has 27 heavy (non-hydrogen) atoms. The van der Waals surface area contributed by atoms with E-state index in [4.69, 9.17) is 13.9 Å². The Balaban J connectivity index is 2.39. The predicted molar refractivity (Wildman–Crippen MR) is 113 cm³/mol. The highest BCUT2D eigenvalue weighted by Gasteiger charge is 2.38. The van der Waals surface area contributed by atoms with E-state index in [1.165, 1.54) is 7.11 Å². The average molecular weight is 388 g/mol. The summed E-state index contributed by atoms with van der Waals surface area (Å²) in [4.78, 5) is 0. The molecule has 7 heteroatoms. The van der Waals surface area contributed by atoms with Gasteiger partial charge < -0.3 is 23.9 Å². The van der Waals surface area contributed by atoms with Gasteiger partial charge in [-0.15, -0.1) is 0 Å². The van der Waals surface area contributed by atoms with E-state index in [0.29, 0.717) is 11.5 Å². The molecule has 0 atom stereocenters. The molecule has 146 valence electrons. The third-order valence-electron chi connectivity index (χ3n) is 5.17. The van der Waals surface area contributed by atoms with Crippen LogP contribution >= 0.6 is 0 Å². The predicted octanol–water partition coefficient (Wildman–Crippen LogP) is 3.43. The van der Waals surface area contributed by atoms with Gasteiger partial charge in [0.2, 0.25) is 8.32 Å². The number of benzene rings is 2. The van der Waals surface area contributed by atoms with E-state index >= 15 is 0 Å². The van der Waals surface area contributed by atoms with E-state index in [1.54, 1.807) is 19.2 Å². The summed E-state index contributed by atoms with van der Waals surface area (Å²) in [5, 5.41) is 19.2. The summed E-state index contributed by atoms with van der Waals surface area (Å²) >= 11 is 0. The lowest BCUT2D eigenvalue weighted by atomic mass is 9.78. The molecule has 0 aromatic heterocycles. The highest BCUT2D eigenvalue weighted by Crippen LogP contribution is 2.38. The molecule has 0 heterocycles. The zero-order chi connectivity index (χ0) is 20.4. The highest BCUT2D eigenvalue weighted by atomic mass is 28.4. The van der Waals surface area contributed by atoms with Gasteiger partial charge in [0.15, 0.2) is 0 Å². The first-order valence-corrected chi connectivity index (χ1v) is 11.8. The number of hydrogen-bond donors (Lipinski definition) is 2. The van der Waals surface area contributed by atoms with Crippen molar-refractivity contribution in [3.63, 3.8) is 0 Å². The Morgan fingerprint density at radius 1 is 0.889 bits per heavy atom. The van der Waals surface area contributed by atoms with Crippen LogP contribution in [0.3, 0.4) is 0 Å². The minimum absolute atomic E-state index is 0.128. The van der Waals surface area contributed by atoms with E-state index in [2.05, 4.69) is 33.9 Å². The van der Waals surface area contributed by atoms with Crippen molar-refractivity contribution in [1.29, 1.82) is 0 Å². The summed E-state index contributed by atoms with van der Waals surface area (Å²) in [5.74, 6) is 1.78. The number of rotatable bonds is 6. The SMILES string of the molecule is COc1cc(-c2ccc(O[Si](C)(C)C(C)(C)C)cc2)c(OC)cc1B(O)O. The van der Waals surface area contributed by atoms with Gasteiger partial charge in [-0.2, -0.15) is 0 Å². The number of ether oxygens (including phenoxy) is 2. The van der Waals surface area contributed by atoms with Crippen molar-refractivity contribution in [2.45, 2.75) is 38.9 Å². The standard InChI is InChI=1S/C20H29BO5Si/c1-20(2,3)27(6,7)26-15-10-8-14(9-11-15)16-12-19(25-5)17(21(22)23)13-18(16)24-4/h8-13,22-23H,1-7H3. The first-order chi connectivity index (χ1) is 12.5. The van der Waals surface area contributed by atoms with E-state index < -0.39 is 15.4 Å². The second-order valence-corrected chi connectivity index (χ2v) is 12.8. The van der Waals surface area contributed by atoms with Crippen LogP contribution in [0.4, 0.5) is 0 Å². The molecule has 0 amide bonds. The zero-order valence-electron chi connectivity index (χ0n) is 17.2. The molecule has 0 aliphatic carbocycles. The van der Waals surface area contributed by atoms with E-state index in [1.807, 2.05) is 24.3 Å². The molecular weight excluding hydrogens is 359 g/mol. The van der Waals surface area contributed by atoms with Gasteiger partial charge in [-0.1, -0.05) is 32.9 Å². The monoisotopic (exact) mass is 388 g/mol. The molecule has 0 aliphatic heterocycles. The van der Waals surface area contributed by atoms with Crippen LogP contribution in [0.25, 0.3) is 11.1 Å². The van der Waals surface area contributed by atoms with Gasteiger partial charge in [-0.3, -0.25) is 0 Å². The van der Waals surface area contributed by atoms with Crippen LogP contribution in [0.2, 0.25) is 18.1 Å². The van der Waals surface area contributed by atoms with Gasteiger partial charge in [0, 0.05) is 11.0 Å². The van der Waals surface area contributed by atoms with Gasteiger partial charge >= 0.3 is 7.12 Å². The maximum atomic E-state index is 9.53. The first-order valence-electron chi connectivity index (χ1n) is 8.91. The first kappa shape index (κ1) is 21.3. The fraction of sp³-hybridized carbons (Fsp3) is 0.400. The van der Waals surface area contributed by atoms with Crippen molar-refractivity contribution in [3.05, 3.63) is 36.4 Å². The highest BCUT2D eigenvalue weighted by molar-refractivity contribution is 6.74. The molecule has 0 fully saturated rings. The van der Waals surface area contributed by atoms with Crippen LogP contribution in [-0.4, -0.2) is 39.7 Å². The molecule has 2 N–H and O–H groups in total. The number of methoxy groups -OCH3 is 2. The summed E-state index contributed by atoms with van der Waals surface area (Å²) in [7, 11) is -0.488. The second-order valence-electron chi connectivity index (χ2n) is 8.05. The molecule has 0 aliphatic rings. The Labute approximate surface area is 163 Å². The Kier molecular flexibility index (Phi) is 6.29. The molecule has 0 radical (unpaired) electrons. The minimum atomic E-state index is -1.90. The molecule has 2 aromatic rings. The Hall–Kier alpha value is -1.96. The lowest BCUT2D eigenvalue weighted by Crippen LogP contribution is -2.43. The second kappa shape index (κ2) is 7.96. The van der Waals surface area contributed by atoms with Crippen LogP contribution in [0, 0.1) is 0 Å². The van der Waals surface area contributed by atoms with Crippen LogP contribution in [0.5, 0.6) is 17.2 Å². The van der Waals surface area contributed by atoms with Crippen molar-refractivity contribution in [2.24, 2.45) is 0 Å². The quantitative estimate of drug-likeness (QED) is 0.742. The molecular formula is C20H29BO5Si. The van der Waals surface area contributed by atoms with Crippen LogP contribution < -0.4 is 19.4 Å². The number of hydrogen-bond acceptors (Lipinski definition) is 5. The topological polar surface area (TPSA) is 68.2 Å². The summed E-state index contributed by atoms with van der Waals surface area (Å²) in [6.45, 7) is 11.1. The molecule has 0 spiro atoms. The van der Waals surface area contributed by atoms with Crippen molar-refractivity contribution in [2.75, 3.05) is 14.2 Å². The summed E-state index contributed by atoms with van der Waals surface area (Å²) in [5.41, 5.74) is 1.99. The minimum Gasteiger partial charge on any atom is -0.544 e. The zero-order valence-corrected chi connectivity index (χ0v) is 18.2. The maximum absolute atomic E-state index is 9.53. The Morgan fingerprint density at radius 3 is 1.89 bits per heavy atom. The van der Waals surface area contributed by atoms with Crippen LogP contribution in [-0.2, 0) is 0 Å². The molecule has 0 bridgehead atoms. The Morgan fingerprint density at radius 2 is 1.44 bits per heavy atom. The van der Waals surface area contributed by atoms with Crippen LogP contribution in [0.15, 0.2) is 36.4 Å². The largest absolute Gasteiger partial charge is 0.544 e. The van der Waals surface area contributed by atoms with Gasteiger partial charge in [0.1, 0.15) is 17.2 Å². The van der Waals surface area contributed by atoms with Crippen molar-refractivity contribution < 1.29 is 23.9 Å². The van der Waals surface area contributed by atoms with E-state index in [0.717, 1.165) is 16.9 Å². The maximum Gasteiger partial charge on any atom is 0.492 e. The van der Waals surface area contributed by atoms with Crippen molar-refractivity contribution >= 4 is 20.9 Å². The van der Waals surface area contributed by atoms with Crippen molar-refractivity contribution in [1.82, 2.24) is 0 Å². The van der Waals surface area contributed by atoms with Gasteiger partial charge in [0.25, 0.3) is 0 Å². The molecule has 2 rings (SSSR count). The molecule has 0 saturated heterocycles. The normalized spacial score (nSPS) is 11.9. The van der Waals surface area contributed by atoms with Crippen molar-refractivity contribution in [3.8, 4) is 28.4 Å². The summed E-state index contributed by atoms with van der Waals surface area (Å²) in [6, 6.07) is 11.2. The van der Waals surface area contributed by atoms with Gasteiger partial charge in [-0.05, 0) is 48.0 Å². The summed E-state index contributed by atoms with van der Waals surface area (Å²) in [6.07, 6.45) is 0. The van der Waals surface area contributed by atoms with Crippen LogP contribution in [0.1, 0.15) is 20.8 Å². The summed E-state index contributed by atoms with van der Waals surface area (Å²) < 4.78 is 17.1. The fourth-order valence-corrected chi connectivity index (χ4v) is 3.53. The molecule has 2 aromatic carbocycles. The van der Waals surface area contributed by atoms with E-state index in [9.17, 15) is 10.0 Å². The van der Waals surface area contributed by atoms with Gasteiger partial charge in [-0.25, -0.2) is 0 Å². The lowest BCUT2D eigenvalue weighted by molar-refractivity contribution is 0.396. The van der Waals surface area contributed by atoms with Gasteiger partial charge in [0.05, 0.1) is 14.2 Å². The lowest BCUT2D eigenvalue weighted by Gasteiger charge is -2.36. The Bertz CT molecular complexity index is 782. The molecule has 0 unspecified atom stereocenters. The third-order valence-corrected chi connectivity index (χ3v) is 9.53. The van der Waals surface area contributed by atoms with E-state index in [-0.39, 0.29) is 10.5 Å². The molecule has 0 saturated carbocycles. The fourth-order valence-electron chi connectivity index (χ4n) is 2.50. The average Bonchev–Trinajstić information content (AvgIpc) is 2.59.